The number of hydrogen-bond donors (Lipinski definition) is 1. The molecule has 128 valence electrons. The fourth-order valence-electron chi connectivity index (χ4n) is 4.56. The molecule has 2 nitrogen and oxygen atoms in total. The molecule has 1 fully saturated rings. The van der Waals surface area contributed by atoms with E-state index in [1.807, 2.05) is 6.20 Å². The van der Waals surface area contributed by atoms with E-state index in [9.17, 15) is 0 Å². The number of hydrogen-bond acceptors (Lipinski definition) is 2. The Bertz CT molecular complexity index is 917. The minimum Gasteiger partial charge on any atom is -0.298 e. The molecule has 1 aliphatic heterocycles. The highest BCUT2D eigenvalue weighted by molar-refractivity contribution is 5.85. The highest BCUT2D eigenvalue weighted by Crippen LogP contribution is 2.54. The Morgan fingerprint density at radius 3 is 2.44 bits per heavy atom. The monoisotopic (exact) mass is 330 g/mol. The zero-order valence-electron chi connectivity index (χ0n) is 15.3. The summed E-state index contributed by atoms with van der Waals surface area (Å²) in [7, 11) is 0. The highest BCUT2D eigenvalue weighted by atomic mass is 15.3. The summed E-state index contributed by atoms with van der Waals surface area (Å²) in [6.07, 6.45) is 5.47. The number of pyridine rings is 1. The van der Waals surface area contributed by atoms with Gasteiger partial charge in [-0.3, -0.25) is 10.3 Å². The van der Waals surface area contributed by atoms with E-state index >= 15 is 0 Å². The van der Waals surface area contributed by atoms with Gasteiger partial charge < -0.3 is 0 Å². The second-order valence-electron chi connectivity index (χ2n) is 7.43. The van der Waals surface area contributed by atoms with Crippen molar-refractivity contribution in [3.8, 4) is 11.3 Å². The molecule has 2 atom stereocenters. The van der Waals surface area contributed by atoms with Crippen LogP contribution in [0.1, 0.15) is 45.6 Å². The lowest BCUT2D eigenvalue weighted by Gasteiger charge is -2.22. The van der Waals surface area contributed by atoms with Crippen molar-refractivity contribution in [1.82, 2.24) is 10.3 Å². The fraction of sp³-hybridized carbons (Fsp3) is 0.348. The third-order valence-corrected chi connectivity index (χ3v) is 5.94. The first kappa shape index (κ1) is 16.3. The van der Waals surface area contributed by atoms with Gasteiger partial charge in [-0.2, -0.15) is 0 Å². The third-order valence-electron chi connectivity index (χ3n) is 5.94. The fourth-order valence-corrected chi connectivity index (χ4v) is 4.56. The van der Waals surface area contributed by atoms with Crippen LogP contribution in [0, 0.1) is 0 Å². The number of nitrogens with zero attached hydrogens (tertiary/aromatic N) is 1. The Hall–Kier alpha value is -2.19. The number of rotatable bonds is 5. The molecule has 2 heteroatoms. The molecule has 0 saturated carbocycles. The van der Waals surface area contributed by atoms with E-state index in [1.54, 1.807) is 0 Å². The zero-order valence-corrected chi connectivity index (χ0v) is 15.3. The average molecular weight is 330 g/mol. The van der Waals surface area contributed by atoms with Crippen molar-refractivity contribution in [2.45, 2.75) is 51.1 Å². The molecule has 2 aromatic carbocycles. The van der Waals surface area contributed by atoms with Crippen LogP contribution in [0.5, 0.6) is 0 Å². The van der Waals surface area contributed by atoms with Gasteiger partial charge >= 0.3 is 0 Å². The van der Waals surface area contributed by atoms with Crippen LogP contribution >= 0.6 is 0 Å². The van der Waals surface area contributed by atoms with Crippen LogP contribution in [-0.2, 0) is 5.54 Å². The van der Waals surface area contributed by atoms with Gasteiger partial charge in [-0.25, -0.2) is 0 Å². The standard InChI is InChI=1S/C23H26N2/c1-4-14-22(3)23(5-2,25-22)20-13-9-8-12-19(20)21-15-17-10-6-7-11-18(17)16-24-21/h6-13,15-16,25H,4-5,14H2,1-3H3/t22-,23?/m0/s1. The number of fused-ring (bicyclic) bond motifs is 1. The van der Waals surface area contributed by atoms with Crippen LogP contribution in [0.15, 0.2) is 60.8 Å². The predicted octanol–water partition coefficient (Wildman–Crippen LogP) is 5.67. The summed E-state index contributed by atoms with van der Waals surface area (Å²) >= 11 is 0. The van der Waals surface area contributed by atoms with Crippen LogP contribution in [0.4, 0.5) is 0 Å². The maximum Gasteiger partial charge on any atom is 0.0711 e. The lowest BCUT2D eigenvalue weighted by Crippen LogP contribution is -2.21. The second-order valence-corrected chi connectivity index (χ2v) is 7.43. The van der Waals surface area contributed by atoms with E-state index in [0.717, 1.165) is 12.1 Å². The van der Waals surface area contributed by atoms with Crippen molar-refractivity contribution in [3.05, 3.63) is 66.4 Å². The first-order valence-electron chi connectivity index (χ1n) is 9.37. The second kappa shape index (κ2) is 5.96. The highest BCUT2D eigenvalue weighted by Gasteiger charge is 2.63. The van der Waals surface area contributed by atoms with Gasteiger partial charge in [-0.05, 0) is 36.8 Å². The van der Waals surface area contributed by atoms with Crippen molar-refractivity contribution >= 4 is 10.8 Å². The summed E-state index contributed by atoms with van der Waals surface area (Å²) in [5.41, 5.74) is 3.95. The summed E-state index contributed by atoms with van der Waals surface area (Å²) < 4.78 is 0. The Balaban J connectivity index is 1.84. The molecular weight excluding hydrogens is 304 g/mol. The number of nitrogens with one attached hydrogen (secondary N) is 1. The molecule has 0 aliphatic carbocycles. The first-order chi connectivity index (χ1) is 12.1. The smallest absolute Gasteiger partial charge is 0.0711 e. The van der Waals surface area contributed by atoms with Crippen LogP contribution in [0.3, 0.4) is 0 Å². The molecule has 1 unspecified atom stereocenters. The molecule has 1 aromatic heterocycles. The molecule has 0 radical (unpaired) electrons. The van der Waals surface area contributed by atoms with E-state index < -0.39 is 0 Å². The van der Waals surface area contributed by atoms with Gasteiger partial charge in [0.05, 0.1) is 11.2 Å². The van der Waals surface area contributed by atoms with E-state index in [4.69, 9.17) is 4.98 Å². The quantitative estimate of drug-likeness (QED) is 0.612. The molecule has 0 amide bonds. The Morgan fingerprint density at radius 2 is 1.68 bits per heavy atom. The molecule has 0 spiro atoms. The van der Waals surface area contributed by atoms with Crippen molar-refractivity contribution < 1.29 is 0 Å². The Morgan fingerprint density at radius 1 is 0.960 bits per heavy atom. The van der Waals surface area contributed by atoms with E-state index in [0.29, 0.717) is 0 Å². The van der Waals surface area contributed by atoms with Gasteiger partial charge in [0.25, 0.3) is 0 Å². The minimum atomic E-state index is 0.0624. The Kier molecular flexibility index (Phi) is 3.88. The molecule has 25 heavy (non-hydrogen) atoms. The maximum absolute atomic E-state index is 4.78. The minimum absolute atomic E-state index is 0.0624. The van der Waals surface area contributed by atoms with E-state index in [-0.39, 0.29) is 11.1 Å². The van der Waals surface area contributed by atoms with Gasteiger partial charge in [0, 0.05) is 22.7 Å². The van der Waals surface area contributed by atoms with E-state index in [1.165, 1.54) is 34.7 Å². The van der Waals surface area contributed by atoms with Crippen molar-refractivity contribution in [2.24, 2.45) is 0 Å². The van der Waals surface area contributed by atoms with E-state index in [2.05, 4.69) is 80.7 Å². The predicted molar refractivity (Wildman–Crippen MR) is 106 cm³/mol. The molecule has 0 bridgehead atoms. The summed E-state index contributed by atoms with van der Waals surface area (Å²) in [6, 6.07) is 19.4. The van der Waals surface area contributed by atoms with Crippen LogP contribution in [0.2, 0.25) is 0 Å². The van der Waals surface area contributed by atoms with Crippen LogP contribution in [0.25, 0.3) is 22.0 Å². The summed E-state index contributed by atoms with van der Waals surface area (Å²) in [5, 5.41) is 6.28. The molecule has 1 saturated heterocycles. The summed E-state index contributed by atoms with van der Waals surface area (Å²) in [4.78, 5) is 4.78. The number of aromatic nitrogens is 1. The van der Waals surface area contributed by atoms with Gasteiger partial charge in [0.15, 0.2) is 0 Å². The molecule has 1 N–H and O–H groups in total. The lowest BCUT2D eigenvalue weighted by atomic mass is 9.80. The topological polar surface area (TPSA) is 34.8 Å². The molecule has 2 heterocycles. The summed E-state index contributed by atoms with van der Waals surface area (Å²) in [5.74, 6) is 0. The van der Waals surface area contributed by atoms with Crippen molar-refractivity contribution in [3.63, 3.8) is 0 Å². The van der Waals surface area contributed by atoms with Gasteiger partial charge in [0.2, 0.25) is 0 Å². The normalized spacial score (nSPS) is 25.2. The molecule has 1 aliphatic rings. The van der Waals surface area contributed by atoms with Gasteiger partial charge in [0.1, 0.15) is 0 Å². The average Bonchev–Trinajstić information content (AvgIpc) is 3.27. The largest absolute Gasteiger partial charge is 0.298 e. The summed E-state index contributed by atoms with van der Waals surface area (Å²) in [6.45, 7) is 6.92. The van der Waals surface area contributed by atoms with Gasteiger partial charge in [-0.15, -0.1) is 0 Å². The van der Waals surface area contributed by atoms with Crippen LogP contribution in [-0.4, -0.2) is 10.5 Å². The van der Waals surface area contributed by atoms with Crippen molar-refractivity contribution in [1.29, 1.82) is 0 Å². The maximum atomic E-state index is 4.78. The lowest BCUT2D eigenvalue weighted by molar-refractivity contribution is 0.500. The number of benzene rings is 2. The third kappa shape index (κ3) is 2.47. The Labute approximate surface area is 150 Å². The zero-order chi connectivity index (χ0) is 17.5. The molecular formula is C23H26N2. The SMILES string of the molecule is CCC[C@]1(C)NC1(CC)c1ccccc1-c1cc2ccccc2cn1. The van der Waals surface area contributed by atoms with Crippen LogP contribution < -0.4 is 5.32 Å². The molecule has 4 rings (SSSR count). The first-order valence-corrected chi connectivity index (χ1v) is 9.37. The van der Waals surface area contributed by atoms with Crippen molar-refractivity contribution in [2.75, 3.05) is 0 Å². The molecule has 3 aromatic rings. The van der Waals surface area contributed by atoms with Gasteiger partial charge in [-0.1, -0.05) is 68.8 Å².